The molecule has 0 bridgehead atoms. The van der Waals surface area contributed by atoms with Gasteiger partial charge in [-0.2, -0.15) is 5.10 Å². The Morgan fingerprint density at radius 1 is 1.33 bits per heavy atom. The summed E-state index contributed by atoms with van der Waals surface area (Å²) < 4.78 is 1.82. The van der Waals surface area contributed by atoms with E-state index in [0.29, 0.717) is 13.0 Å². The Morgan fingerprint density at radius 2 is 2.10 bits per heavy atom. The number of amides is 1. The maximum Gasteiger partial charge on any atom is 0.225 e. The van der Waals surface area contributed by atoms with Crippen LogP contribution in [-0.2, 0) is 11.3 Å². The fourth-order valence-electron chi connectivity index (χ4n) is 2.00. The van der Waals surface area contributed by atoms with Crippen molar-refractivity contribution in [1.82, 2.24) is 9.78 Å². The number of nitrogens with two attached hydrogens (primary N) is 1. The second-order valence-corrected chi connectivity index (χ2v) is 5.52. The third-order valence-corrected chi connectivity index (χ3v) is 3.46. The zero-order valence-electron chi connectivity index (χ0n) is 12.5. The molecule has 21 heavy (non-hydrogen) atoms. The smallest absolute Gasteiger partial charge is 0.225 e. The first-order valence-corrected chi connectivity index (χ1v) is 7.17. The van der Waals surface area contributed by atoms with Crippen LogP contribution < -0.4 is 11.1 Å². The van der Waals surface area contributed by atoms with Gasteiger partial charge in [-0.25, -0.2) is 0 Å². The summed E-state index contributed by atoms with van der Waals surface area (Å²) in [6.45, 7) is 4.66. The van der Waals surface area contributed by atoms with E-state index in [1.54, 1.807) is 6.20 Å². The molecule has 0 aliphatic heterocycles. The van der Waals surface area contributed by atoms with Gasteiger partial charge >= 0.3 is 0 Å². The summed E-state index contributed by atoms with van der Waals surface area (Å²) >= 11 is 0. The normalized spacial score (nSPS) is 12.4. The van der Waals surface area contributed by atoms with Gasteiger partial charge in [0.05, 0.1) is 6.54 Å². The van der Waals surface area contributed by atoms with Crippen LogP contribution in [0.4, 0.5) is 5.69 Å². The van der Waals surface area contributed by atoms with Gasteiger partial charge in [0, 0.05) is 30.5 Å². The Bertz CT molecular complexity index is 578. The fourth-order valence-corrected chi connectivity index (χ4v) is 2.00. The lowest BCUT2D eigenvalue weighted by Gasteiger charge is -2.16. The van der Waals surface area contributed by atoms with Gasteiger partial charge in [-0.05, 0) is 23.6 Å². The molecule has 0 fully saturated rings. The van der Waals surface area contributed by atoms with Gasteiger partial charge in [0.1, 0.15) is 0 Å². The third-order valence-electron chi connectivity index (χ3n) is 3.46. The molecule has 1 heterocycles. The number of nitrogens with zero attached hydrogens (tertiary/aromatic N) is 2. The summed E-state index contributed by atoms with van der Waals surface area (Å²) in [5.41, 5.74) is 7.78. The Balaban J connectivity index is 2.04. The van der Waals surface area contributed by atoms with Gasteiger partial charge in [0.25, 0.3) is 0 Å². The fraction of sp³-hybridized carbons (Fsp3) is 0.375. The minimum atomic E-state index is -0.122. The highest BCUT2D eigenvalue weighted by molar-refractivity contribution is 5.91. The van der Waals surface area contributed by atoms with Crippen molar-refractivity contribution < 1.29 is 4.79 Å². The van der Waals surface area contributed by atoms with E-state index < -0.39 is 0 Å². The molecular formula is C16H22N4O. The first-order chi connectivity index (χ1) is 10.1. The second-order valence-electron chi connectivity index (χ2n) is 5.52. The standard InChI is InChI=1S/C16H22N4O/c1-12(2)14(17)10-16(21)19-15-7-4-3-6-13(15)11-20-9-5-8-18-20/h3-9,12,14H,10-11,17H2,1-2H3,(H,19,21). The summed E-state index contributed by atoms with van der Waals surface area (Å²) in [7, 11) is 0. The zero-order chi connectivity index (χ0) is 15.2. The van der Waals surface area contributed by atoms with Crippen LogP contribution in [0.15, 0.2) is 42.7 Å². The molecule has 0 spiro atoms. The van der Waals surface area contributed by atoms with Gasteiger partial charge in [-0.15, -0.1) is 0 Å². The van der Waals surface area contributed by atoms with E-state index in [2.05, 4.69) is 10.4 Å². The van der Waals surface area contributed by atoms with Crippen molar-refractivity contribution in [2.75, 3.05) is 5.32 Å². The van der Waals surface area contributed by atoms with E-state index in [4.69, 9.17) is 5.73 Å². The number of nitrogens with one attached hydrogen (secondary N) is 1. The molecule has 1 amide bonds. The molecule has 0 aliphatic rings. The summed E-state index contributed by atoms with van der Waals surface area (Å²) in [6.07, 6.45) is 3.96. The number of hydrogen-bond acceptors (Lipinski definition) is 3. The molecule has 1 atom stereocenters. The third kappa shape index (κ3) is 4.43. The number of hydrogen-bond donors (Lipinski definition) is 2. The van der Waals surface area contributed by atoms with Crippen LogP contribution in [0.25, 0.3) is 0 Å². The molecular weight excluding hydrogens is 264 g/mol. The molecule has 1 aromatic heterocycles. The highest BCUT2D eigenvalue weighted by atomic mass is 16.1. The predicted octanol–water partition coefficient (Wildman–Crippen LogP) is 2.24. The Labute approximate surface area is 125 Å². The Kier molecular flexibility index (Phi) is 5.11. The monoisotopic (exact) mass is 286 g/mol. The summed E-state index contributed by atoms with van der Waals surface area (Å²) in [4.78, 5) is 12.1. The number of anilines is 1. The van der Waals surface area contributed by atoms with Crippen LogP contribution in [0.2, 0.25) is 0 Å². The molecule has 112 valence electrons. The zero-order valence-corrected chi connectivity index (χ0v) is 12.5. The lowest BCUT2D eigenvalue weighted by atomic mass is 10.0. The number of aromatic nitrogens is 2. The largest absolute Gasteiger partial charge is 0.327 e. The number of rotatable bonds is 6. The Hall–Kier alpha value is -2.14. The summed E-state index contributed by atoms with van der Waals surface area (Å²) in [5.74, 6) is 0.235. The molecule has 0 saturated carbocycles. The quantitative estimate of drug-likeness (QED) is 0.855. The van der Waals surface area contributed by atoms with Gasteiger partial charge < -0.3 is 11.1 Å². The molecule has 0 saturated heterocycles. The van der Waals surface area contributed by atoms with E-state index >= 15 is 0 Å². The van der Waals surface area contributed by atoms with E-state index in [-0.39, 0.29) is 17.9 Å². The van der Waals surface area contributed by atoms with E-state index in [1.165, 1.54) is 0 Å². The molecule has 0 radical (unpaired) electrons. The highest BCUT2D eigenvalue weighted by Gasteiger charge is 2.14. The van der Waals surface area contributed by atoms with Crippen molar-refractivity contribution in [2.24, 2.45) is 11.7 Å². The number of para-hydroxylation sites is 1. The molecule has 5 heteroatoms. The van der Waals surface area contributed by atoms with Crippen molar-refractivity contribution in [3.63, 3.8) is 0 Å². The average molecular weight is 286 g/mol. The molecule has 1 aromatic carbocycles. The van der Waals surface area contributed by atoms with Crippen molar-refractivity contribution in [2.45, 2.75) is 32.9 Å². The highest BCUT2D eigenvalue weighted by Crippen LogP contribution is 2.17. The van der Waals surface area contributed by atoms with E-state index in [9.17, 15) is 4.79 Å². The van der Waals surface area contributed by atoms with Crippen LogP contribution in [0.5, 0.6) is 0 Å². The summed E-state index contributed by atoms with van der Waals surface area (Å²) in [5, 5.41) is 7.14. The minimum Gasteiger partial charge on any atom is -0.327 e. The second kappa shape index (κ2) is 7.04. The molecule has 1 unspecified atom stereocenters. The average Bonchev–Trinajstić information content (AvgIpc) is 2.93. The van der Waals surface area contributed by atoms with Crippen LogP contribution >= 0.6 is 0 Å². The SMILES string of the molecule is CC(C)C(N)CC(=O)Nc1ccccc1Cn1cccn1. The molecule has 0 aliphatic carbocycles. The number of carbonyl (C=O) groups excluding carboxylic acids is 1. The number of carbonyl (C=O) groups is 1. The van der Waals surface area contributed by atoms with E-state index in [0.717, 1.165) is 11.3 Å². The maximum atomic E-state index is 12.1. The predicted molar refractivity (Wildman–Crippen MR) is 83.8 cm³/mol. The molecule has 3 N–H and O–H groups in total. The minimum absolute atomic E-state index is 0.0517. The topological polar surface area (TPSA) is 72.9 Å². The first kappa shape index (κ1) is 15.3. The summed E-state index contributed by atoms with van der Waals surface area (Å²) in [6, 6.07) is 9.50. The van der Waals surface area contributed by atoms with Crippen molar-refractivity contribution in [3.05, 3.63) is 48.3 Å². The van der Waals surface area contributed by atoms with Crippen molar-refractivity contribution in [1.29, 1.82) is 0 Å². The van der Waals surface area contributed by atoms with Crippen molar-refractivity contribution in [3.8, 4) is 0 Å². The van der Waals surface area contributed by atoms with Gasteiger partial charge in [-0.3, -0.25) is 9.48 Å². The van der Waals surface area contributed by atoms with Gasteiger partial charge in [-0.1, -0.05) is 32.0 Å². The first-order valence-electron chi connectivity index (χ1n) is 7.17. The molecule has 2 aromatic rings. The van der Waals surface area contributed by atoms with Crippen LogP contribution in [-0.4, -0.2) is 21.7 Å². The molecule has 5 nitrogen and oxygen atoms in total. The van der Waals surface area contributed by atoms with Crippen LogP contribution in [0.1, 0.15) is 25.8 Å². The van der Waals surface area contributed by atoms with Gasteiger partial charge in [0.15, 0.2) is 0 Å². The lowest BCUT2D eigenvalue weighted by molar-refractivity contribution is -0.116. The Morgan fingerprint density at radius 3 is 2.76 bits per heavy atom. The van der Waals surface area contributed by atoms with Crippen molar-refractivity contribution >= 4 is 11.6 Å². The molecule has 2 rings (SSSR count). The van der Waals surface area contributed by atoms with E-state index in [1.807, 2.05) is 55.1 Å². The van der Waals surface area contributed by atoms with Crippen LogP contribution in [0.3, 0.4) is 0 Å². The maximum absolute atomic E-state index is 12.1. The lowest BCUT2D eigenvalue weighted by Crippen LogP contribution is -2.31. The van der Waals surface area contributed by atoms with Gasteiger partial charge in [0.2, 0.25) is 5.91 Å². The van der Waals surface area contributed by atoms with Crippen LogP contribution in [0, 0.1) is 5.92 Å². The number of benzene rings is 1.